The first-order chi connectivity index (χ1) is 15.2. The minimum absolute atomic E-state index is 0.0106. The Morgan fingerprint density at radius 3 is 2.34 bits per heavy atom. The molecule has 1 fully saturated rings. The highest BCUT2D eigenvalue weighted by Gasteiger charge is 2.35. The number of nitrogens with zero attached hydrogens (tertiary/aromatic N) is 1. The van der Waals surface area contributed by atoms with Crippen LogP contribution in [0.3, 0.4) is 0 Å². The van der Waals surface area contributed by atoms with Gasteiger partial charge in [-0.15, -0.1) is 0 Å². The lowest BCUT2D eigenvalue weighted by molar-refractivity contribution is -0.130. The van der Waals surface area contributed by atoms with Crippen LogP contribution in [-0.4, -0.2) is 43.7 Å². The number of hydrogen-bond donors (Lipinski definition) is 2. The summed E-state index contributed by atoms with van der Waals surface area (Å²) in [7, 11) is -3.84. The van der Waals surface area contributed by atoms with E-state index in [4.69, 9.17) is 0 Å². The Kier molecular flexibility index (Phi) is 7.63. The summed E-state index contributed by atoms with van der Waals surface area (Å²) in [6, 6.07) is 12.8. The van der Waals surface area contributed by atoms with Crippen molar-refractivity contribution in [3.63, 3.8) is 0 Å². The summed E-state index contributed by atoms with van der Waals surface area (Å²) in [6.45, 7) is 3.96. The molecule has 0 aromatic heterocycles. The summed E-state index contributed by atoms with van der Waals surface area (Å²) in [6.07, 6.45) is 1.04. The van der Waals surface area contributed by atoms with Gasteiger partial charge in [0.2, 0.25) is 21.8 Å². The molecule has 1 aliphatic rings. The third-order valence-corrected chi connectivity index (χ3v) is 7.37. The van der Waals surface area contributed by atoms with Gasteiger partial charge in [-0.25, -0.2) is 12.8 Å². The van der Waals surface area contributed by atoms with Crippen molar-refractivity contribution in [2.24, 2.45) is 11.8 Å². The van der Waals surface area contributed by atoms with Gasteiger partial charge in [0.05, 0.1) is 10.8 Å². The Morgan fingerprint density at radius 2 is 1.72 bits per heavy atom. The van der Waals surface area contributed by atoms with Crippen LogP contribution in [0.4, 0.5) is 10.1 Å². The summed E-state index contributed by atoms with van der Waals surface area (Å²) in [5, 5.41) is 5.60. The molecule has 2 aromatic carbocycles. The second kappa shape index (κ2) is 10.2. The molecular formula is C23H28FN3O4S. The van der Waals surface area contributed by atoms with E-state index in [0.29, 0.717) is 18.5 Å². The molecule has 9 heteroatoms. The molecule has 1 aliphatic heterocycles. The van der Waals surface area contributed by atoms with Gasteiger partial charge in [-0.1, -0.05) is 32.0 Å². The largest absolute Gasteiger partial charge is 0.344 e. The van der Waals surface area contributed by atoms with Crippen molar-refractivity contribution in [3.8, 4) is 0 Å². The van der Waals surface area contributed by atoms with Crippen molar-refractivity contribution in [1.29, 1.82) is 0 Å². The Morgan fingerprint density at radius 1 is 1.06 bits per heavy atom. The molecule has 2 aromatic rings. The normalized spacial score (nSPS) is 18.2. The number of halogens is 1. The van der Waals surface area contributed by atoms with Crippen molar-refractivity contribution in [3.05, 3.63) is 60.4 Å². The number of piperidine rings is 1. The average molecular weight is 462 g/mol. The first-order valence-corrected chi connectivity index (χ1v) is 12.0. The van der Waals surface area contributed by atoms with Crippen LogP contribution in [-0.2, 0) is 19.6 Å². The number of benzene rings is 2. The van der Waals surface area contributed by atoms with E-state index < -0.39 is 27.8 Å². The monoisotopic (exact) mass is 461 g/mol. The fourth-order valence-corrected chi connectivity index (χ4v) is 5.20. The van der Waals surface area contributed by atoms with Gasteiger partial charge in [0.1, 0.15) is 11.9 Å². The molecule has 1 heterocycles. The Bertz CT molecular complexity index is 1040. The van der Waals surface area contributed by atoms with Crippen molar-refractivity contribution < 1.29 is 22.4 Å². The van der Waals surface area contributed by atoms with Crippen LogP contribution < -0.4 is 10.6 Å². The van der Waals surface area contributed by atoms with Gasteiger partial charge in [-0.3, -0.25) is 9.59 Å². The van der Waals surface area contributed by atoms with Crippen LogP contribution in [0, 0.1) is 17.7 Å². The van der Waals surface area contributed by atoms with Crippen LogP contribution in [0.15, 0.2) is 59.5 Å². The number of carbonyl (C=O) groups is 2. The van der Waals surface area contributed by atoms with Gasteiger partial charge in [-0.05, 0) is 55.2 Å². The molecule has 1 saturated heterocycles. The maximum Gasteiger partial charge on any atom is 0.247 e. The maximum atomic E-state index is 13.2. The number of para-hydroxylation sites is 1. The van der Waals surface area contributed by atoms with Gasteiger partial charge in [-0.2, -0.15) is 4.31 Å². The fourth-order valence-electron chi connectivity index (χ4n) is 3.68. The van der Waals surface area contributed by atoms with E-state index in [1.807, 2.05) is 19.9 Å². The van der Waals surface area contributed by atoms with E-state index >= 15 is 0 Å². The second-order valence-electron chi connectivity index (χ2n) is 8.24. The van der Waals surface area contributed by atoms with E-state index in [1.54, 1.807) is 24.3 Å². The molecule has 1 unspecified atom stereocenters. The molecule has 32 heavy (non-hydrogen) atoms. The van der Waals surface area contributed by atoms with Crippen molar-refractivity contribution in [1.82, 2.24) is 9.62 Å². The summed E-state index contributed by atoms with van der Waals surface area (Å²) in [5.41, 5.74) is 0.631. The highest BCUT2D eigenvalue weighted by Crippen LogP contribution is 2.24. The first-order valence-electron chi connectivity index (χ1n) is 10.6. The van der Waals surface area contributed by atoms with Crippen LogP contribution in [0.1, 0.15) is 26.7 Å². The van der Waals surface area contributed by atoms with E-state index in [0.717, 1.165) is 12.1 Å². The minimum Gasteiger partial charge on any atom is -0.344 e. The van der Waals surface area contributed by atoms with Crippen LogP contribution in [0.2, 0.25) is 0 Å². The predicted octanol–water partition coefficient (Wildman–Crippen LogP) is 3.01. The van der Waals surface area contributed by atoms with Gasteiger partial charge < -0.3 is 10.6 Å². The summed E-state index contributed by atoms with van der Waals surface area (Å²) in [5.74, 6) is -1.94. The van der Waals surface area contributed by atoms with Crippen LogP contribution in [0.25, 0.3) is 0 Å². The number of hydrogen-bond acceptors (Lipinski definition) is 4. The molecule has 2 amide bonds. The van der Waals surface area contributed by atoms with E-state index in [-0.39, 0.29) is 35.7 Å². The number of carbonyl (C=O) groups excluding carboxylic acids is 2. The third kappa shape index (κ3) is 5.72. The SMILES string of the molecule is CC(C)[C@@H](NC(=O)C1CCCN(S(=O)(=O)c2ccc(F)cc2)C1)C(=O)Nc1ccccc1. The second-order valence-corrected chi connectivity index (χ2v) is 10.2. The lowest BCUT2D eigenvalue weighted by atomic mass is 9.96. The molecule has 0 aliphatic carbocycles. The summed E-state index contributed by atoms with van der Waals surface area (Å²) >= 11 is 0. The smallest absolute Gasteiger partial charge is 0.247 e. The maximum absolute atomic E-state index is 13.2. The Balaban J connectivity index is 1.68. The minimum atomic E-state index is -3.84. The zero-order valence-corrected chi connectivity index (χ0v) is 18.9. The molecule has 2 N–H and O–H groups in total. The van der Waals surface area contributed by atoms with E-state index in [2.05, 4.69) is 10.6 Å². The zero-order valence-electron chi connectivity index (χ0n) is 18.1. The molecule has 172 valence electrons. The first kappa shape index (κ1) is 23.9. The van der Waals surface area contributed by atoms with E-state index in [1.165, 1.54) is 16.4 Å². The van der Waals surface area contributed by atoms with Crippen molar-refractivity contribution >= 4 is 27.5 Å². The number of sulfonamides is 1. The summed E-state index contributed by atoms with van der Waals surface area (Å²) in [4.78, 5) is 25.7. The van der Waals surface area contributed by atoms with Gasteiger partial charge >= 0.3 is 0 Å². The third-order valence-electron chi connectivity index (χ3n) is 5.49. The molecule has 0 radical (unpaired) electrons. The van der Waals surface area contributed by atoms with Gasteiger partial charge in [0, 0.05) is 18.8 Å². The Labute approximate surface area is 188 Å². The Hall–Kier alpha value is -2.78. The van der Waals surface area contributed by atoms with E-state index in [9.17, 15) is 22.4 Å². The number of amides is 2. The number of nitrogens with one attached hydrogen (secondary N) is 2. The quantitative estimate of drug-likeness (QED) is 0.663. The highest BCUT2D eigenvalue weighted by molar-refractivity contribution is 7.89. The molecule has 7 nitrogen and oxygen atoms in total. The molecular weight excluding hydrogens is 433 g/mol. The topological polar surface area (TPSA) is 95.6 Å². The standard InChI is InChI=1S/C23H28FN3O4S/c1-16(2)21(23(29)25-19-8-4-3-5-9-19)26-22(28)17-7-6-14-27(15-17)32(30,31)20-12-10-18(24)11-13-20/h3-5,8-13,16-17,21H,6-7,14-15H2,1-2H3,(H,25,29)(H,26,28)/t17?,21-/m1/s1. The van der Waals surface area contributed by atoms with Crippen LogP contribution >= 0.6 is 0 Å². The average Bonchev–Trinajstić information content (AvgIpc) is 2.78. The van der Waals surface area contributed by atoms with Gasteiger partial charge in [0.25, 0.3) is 0 Å². The van der Waals surface area contributed by atoms with Crippen molar-refractivity contribution in [2.75, 3.05) is 18.4 Å². The molecule has 0 spiro atoms. The lowest BCUT2D eigenvalue weighted by Crippen LogP contribution is -2.52. The van der Waals surface area contributed by atoms with Crippen molar-refractivity contribution in [2.45, 2.75) is 37.6 Å². The highest BCUT2D eigenvalue weighted by atomic mass is 32.2. The molecule has 2 atom stereocenters. The predicted molar refractivity (Wildman–Crippen MR) is 120 cm³/mol. The molecule has 0 saturated carbocycles. The summed E-state index contributed by atoms with van der Waals surface area (Å²) < 4.78 is 40.3. The molecule has 3 rings (SSSR count). The van der Waals surface area contributed by atoms with Gasteiger partial charge in [0.15, 0.2) is 0 Å². The zero-order chi connectivity index (χ0) is 23.3. The fraction of sp³-hybridized carbons (Fsp3) is 0.391. The lowest BCUT2D eigenvalue weighted by Gasteiger charge is -2.32. The number of rotatable bonds is 7. The molecule has 0 bridgehead atoms. The van der Waals surface area contributed by atoms with Crippen LogP contribution in [0.5, 0.6) is 0 Å². The number of anilines is 1.